The highest BCUT2D eigenvalue weighted by Crippen LogP contribution is 2.10. The smallest absolute Gasteiger partial charge is 0.221 e. The molecule has 4 nitrogen and oxygen atoms in total. The number of aliphatic hydroxyl groups is 1. The van der Waals surface area contributed by atoms with Crippen molar-refractivity contribution in [1.29, 1.82) is 0 Å². The Labute approximate surface area is 89.6 Å². The predicted octanol–water partition coefficient (Wildman–Crippen LogP) is -0.190. The lowest BCUT2D eigenvalue weighted by Gasteiger charge is -2.22. The molecular formula is C9H20N2O2S. The summed E-state index contributed by atoms with van der Waals surface area (Å²) < 4.78 is 0. The molecule has 0 heterocycles. The third-order valence-corrected chi connectivity index (χ3v) is 3.43. The van der Waals surface area contributed by atoms with E-state index in [0.29, 0.717) is 6.54 Å². The van der Waals surface area contributed by atoms with E-state index in [-0.39, 0.29) is 29.7 Å². The molecule has 84 valence electrons. The van der Waals surface area contributed by atoms with Crippen molar-refractivity contribution < 1.29 is 9.90 Å². The van der Waals surface area contributed by atoms with Gasteiger partial charge in [0.1, 0.15) is 0 Å². The molecule has 1 amide bonds. The summed E-state index contributed by atoms with van der Waals surface area (Å²) in [5.74, 6) is -0.465. The number of primary amides is 1. The van der Waals surface area contributed by atoms with Crippen LogP contribution in [-0.4, -0.2) is 41.7 Å². The van der Waals surface area contributed by atoms with Crippen molar-refractivity contribution in [3.63, 3.8) is 0 Å². The topological polar surface area (TPSA) is 75.3 Å². The van der Waals surface area contributed by atoms with Crippen LogP contribution in [0.25, 0.3) is 0 Å². The lowest BCUT2D eigenvalue weighted by molar-refractivity contribution is -0.121. The molecule has 0 aliphatic heterocycles. The minimum absolute atomic E-state index is 0.139. The SMILES string of the molecule is CSC(CO)C(C)NCC(C)C(N)=O. The van der Waals surface area contributed by atoms with Gasteiger partial charge in [0, 0.05) is 23.8 Å². The highest BCUT2D eigenvalue weighted by molar-refractivity contribution is 7.99. The average molecular weight is 220 g/mol. The average Bonchev–Trinajstić information content (AvgIpc) is 2.15. The Bertz CT molecular complexity index is 174. The lowest BCUT2D eigenvalue weighted by atomic mass is 10.1. The molecule has 0 fully saturated rings. The first-order chi connectivity index (χ1) is 6.52. The van der Waals surface area contributed by atoms with Crippen molar-refractivity contribution >= 4 is 17.7 Å². The largest absolute Gasteiger partial charge is 0.395 e. The van der Waals surface area contributed by atoms with E-state index in [9.17, 15) is 4.79 Å². The summed E-state index contributed by atoms with van der Waals surface area (Å²) in [4.78, 5) is 10.7. The molecule has 0 aromatic rings. The number of carbonyl (C=O) groups is 1. The van der Waals surface area contributed by atoms with Crippen LogP contribution in [0.1, 0.15) is 13.8 Å². The highest BCUT2D eigenvalue weighted by atomic mass is 32.2. The van der Waals surface area contributed by atoms with Gasteiger partial charge in [0.15, 0.2) is 0 Å². The summed E-state index contributed by atoms with van der Waals surface area (Å²) in [5.41, 5.74) is 5.13. The molecule has 0 saturated carbocycles. The van der Waals surface area contributed by atoms with Gasteiger partial charge in [-0.25, -0.2) is 0 Å². The van der Waals surface area contributed by atoms with Crippen molar-refractivity contribution in [2.75, 3.05) is 19.4 Å². The van der Waals surface area contributed by atoms with Gasteiger partial charge >= 0.3 is 0 Å². The molecule has 0 aromatic carbocycles. The monoisotopic (exact) mass is 220 g/mol. The zero-order valence-corrected chi connectivity index (χ0v) is 9.80. The van der Waals surface area contributed by atoms with E-state index in [0.717, 1.165) is 0 Å². The quantitative estimate of drug-likeness (QED) is 0.556. The second-order valence-corrected chi connectivity index (χ2v) is 4.53. The molecular weight excluding hydrogens is 200 g/mol. The standard InChI is InChI=1S/C9H20N2O2S/c1-6(9(10)13)4-11-7(2)8(5-12)14-3/h6-8,11-12H,4-5H2,1-3H3,(H2,10,13). The van der Waals surface area contributed by atoms with Gasteiger partial charge in [0.05, 0.1) is 6.61 Å². The van der Waals surface area contributed by atoms with E-state index in [1.54, 1.807) is 18.7 Å². The maximum Gasteiger partial charge on any atom is 0.221 e. The van der Waals surface area contributed by atoms with Crippen molar-refractivity contribution in [3.05, 3.63) is 0 Å². The molecule has 0 spiro atoms. The van der Waals surface area contributed by atoms with Gasteiger partial charge in [-0.3, -0.25) is 4.79 Å². The van der Waals surface area contributed by atoms with Crippen LogP contribution >= 0.6 is 11.8 Å². The number of nitrogens with two attached hydrogens (primary N) is 1. The summed E-state index contributed by atoms with van der Waals surface area (Å²) in [7, 11) is 0. The van der Waals surface area contributed by atoms with Gasteiger partial charge in [0.25, 0.3) is 0 Å². The van der Waals surface area contributed by atoms with E-state index >= 15 is 0 Å². The Hall–Kier alpha value is -0.260. The molecule has 4 N–H and O–H groups in total. The van der Waals surface area contributed by atoms with Crippen molar-refractivity contribution in [2.45, 2.75) is 25.1 Å². The third kappa shape index (κ3) is 4.83. The van der Waals surface area contributed by atoms with E-state index in [4.69, 9.17) is 10.8 Å². The van der Waals surface area contributed by atoms with Gasteiger partial charge in [-0.2, -0.15) is 11.8 Å². The molecule has 0 aliphatic rings. The van der Waals surface area contributed by atoms with E-state index in [1.807, 2.05) is 13.2 Å². The Morgan fingerprint density at radius 1 is 1.57 bits per heavy atom. The van der Waals surface area contributed by atoms with Crippen LogP contribution in [0, 0.1) is 5.92 Å². The van der Waals surface area contributed by atoms with Gasteiger partial charge in [-0.15, -0.1) is 0 Å². The number of nitrogens with one attached hydrogen (secondary N) is 1. The number of hydrogen-bond donors (Lipinski definition) is 3. The van der Waals surface area contributed by atoms with E-state index < -0.39 is 0 Å². The molecule has 3 unspecified atom stereocenters. The molecule has 0 aromatic heterocycles. The van der Waals surface area contributed by atoms with Gasteiger partial charge in [-0.05, 0) is 13.2 Å². The fraction of sp³-hybridized carbons (Fsp3) is 0.889. The Morgan fingerprint density at radius 3 is 2.50 bits per heavy atom. The minimum Gasteiger partial charge on any atom is -0.395 e. The van der Waals surface area contributed by atoms with Crippen LogP contribution in [0.3, 0.4) is 0 Å². The lowest BCUT2D eigenvalue weighted by Crippen LogP contribution is -2.41. The zero-order valence-electron chi connectivity index (χ0n) is 8.99. The summed E-state index contributed by atoms with van der Waals surface area (Å²) in [6.45, 7) is 4.48. The van der Waals surface area contributed by atoms with Gasteiger partial charge in [0.2, 0.25) is 5.91 Å². The summed E-state index contributed by atoms with van der Waals surface area (Å²) >= 11 is 1.61. The predicted molar refractivity (Wildman–Crippen MR) is 60.2 cm³/mol. The Kier molecular flexibility index (Phi) is 6.96. The number of thioether (sulfide) groups is 1. The van der Waals surface area contributed by atoms with Crippen molar-refractivity contribution in [2.24, 2.45) is 11.7 Å². The number of amides is 1. The number of hydrogen-bond acceptors (Lipinski definition) is 4. The highest BCUT2D eigenvalue weighted by Gasteiger charge is 2.16. The number of aliphatic hydroxyl groups excluding tert-OH is 1. The van der Waals surface area contributed by atoms with E-state index in [2.05, 4.69) is 5.32 Å². The first-order valence-electron chi connectivity index (χ1n) is 4.69. The summed E-state index contributed by atoms with van der Waals surface area (Å²) in [5, 5.41) is 12.4. The van der Waals surface area contributed by atoms with Crippen LogP contribution in [-0.2, 0) is 4.79 Å². The first kappa shape index (κ1) is 13.7. The summed E-state index contributed by atoms with van der Waals surface area (Å²) in [6.07, 6.45) is 1.95. The maximum atomic E-state index is 10.7. The Morgan fingerprint density at radius 2 is 2.14 bits per heavy atom. The fourth-order valence-corrected chi connectivity index (χ4v) is 1.69. The molecule has 0 saturated heterocycles. The molecule has 0 radical (unpaired) electrons. The molecule has 5 heteroatoms. The summed E-state index contributed by atoms with van der Waals surface area (Å²) in [6, 6.07) is 0.178. The second kappa shape index (κ2) is 7.09. The Balaban J connectivity index is 3.82. The molecule has 0 rings (SSSR count). The molecule has 0 bridgehead atoms. The first-order valence-corrected chi connectivity index (χ1v) is 5.98. The molecule has 14 heavy (non-hydrogen) atoms. The van der Waals surface area contributed by atoms with Gasteiger partial charge < -0.3 is 16.2 Å². The third-order valence-electron chi connectivity index (χ3n) is 2.27. The minimum atomic E-state index is -0.297. The van der Waals surface area contributed by atoms with Gasteiger partial charge in [-0.1, -0.05) is 6.92 Å². The number of carbonyl (C=O) groups excluding carboxylic acids is 1. The van der Waals surface area contributed by atoms with Crippen LogP contribution in [0.4, 0.5) is 0 Å². The molecule has 3 atom stereocenters. The second-order valence-electron chi connectivity index (χ2n) is 3.46. The van der Waals surface area contributed by atoms with Crippen LogP contribution in [0.15, 0.2) is 0 Å². The molecule has 0 aliphatic carbocycles. The zero-order chi connectivity index (χ0) is 11.1. The van der Waals surface area contributed by atoms with Crippen LogP contribution in [0.2, 0.25) is 0 Å². The number of rotatable bonds is 7. The normalized spacial score (nSPS) is 17.4. The fourth-order valence-electron chi connectivity index (χ4n) is 1.03. The van der Waals surface area contributed by atoms with Crippen LogP contribution < -0.4 is 11.1 Å². The van der Waals surface area contributed by atoms with Crippen molar-refractivity contribution in [1.82, 2.24) is 5.32 Å². The maximum absolute atomic E-state index is 10.7. The van der Waals surface area contributed by atoms with Crippen LogP contribution in [0.5, 0.6) is 0 Å². The van der Waals surface area contributed by atoms with Crippen molar-refractivity contribution in [3.8, 4) is 0 Å². The van der Waals surface area contributed by atoms with E-state index in [1.165, 1.54) is 0 Å².